The van der Waals surface area contributed by atoms with E-state index in [4.69, 9.17) is 5.73 Å². The van der Waals surface area contributed by atoms with Crippen LogP contribution in [0.15, 0.2) is 18.2 Å². The lowest BCUT2D eigenvalue weighted by Crippen LogP contribution is -2.30. The van der Waals surface area contributed by atoms with Gasteiger partial charge in [-0.3, -0.25) is 0 Å². The molecule has 0 amide bonds. The minimum atomic E-state index is -0.138. The van der Waals surface area contributed by atoms with Crippen molar-refractivity contribution in [2.75, 3.05) is 11.4 Å². The van der Waals surface area contributed by atoms with Crippen LogP contribution in [0.1, 0.15) is 32.3 Å². The lowest BCUT2D eigenvalue weighted by molar-refractivity contribution is 0.577. The summed E-state index contributed by atoms with van der Waals surface area (Å²) in [5.41, 5.74) is 7.11. The average Bonchev–Trinajstić information content (AvgIpc) is 3.09. The Hall–Kier alpha value is -1.09. The van der Waals surface area contributed by atoms with Crippen LogP contribution in [-0.4, -0.2) is 12.6 Å². The molecule has 94 valence electrons. The van der Waals surface area contributed by atoms with Gasteiger partial charge < -0.3 is 10.6 Å². The summed E-state index contributed by atoms with van der Waals surface area (Å²) in [6.07, 6.45) is 2.37. The van der Waals surface area contributed by atoms with Crippen molar-refractivity contribution in [1.29, 1.82) is 0 Å². The lowest BCUT2D eigenvalue weighted by Gasteiger charge is -2.27. The second-order valence-corrected chi connectivity index (χ2v) is 5.27. The first kappa shape index (κ1) is 12.4. The molecule has 0 aromatic heterocycles. The van der Waals surface area contributed by atoms with Crippen molar-refractivity contribution in [2.45, 2.75) is 39.3 Å². The number of anilines is 1. The predicted octanol–water partition coefficient (Wildman–Crippen LogP) is 2.91. The van der Waals surface area contributed by atoms with Crippen LogP contribution in [0.5, 0.6) is 0 Å². The Morgan fingerprint density at radius 1 is 1.41 bits per heavy atom. The molecule has 0 saturated heterocycles. The quantitative estimate of drug-likeness (QED) is 0.851. The molecule has 0 bridgehead atoms. The van der Waals surface area contributed by atoms with Gasteiger partial charge in [0.25, 0.3) is 0 Å². The highest BCUT2D eigenvalue weighted by molar-refractivity contribution is 5.51. The van der Waals surface area contributed by atoms with Crippen molar-refractivity contribution in [3.63, 3.8) is 0 Å². The Balaban J connectivity index is 2.23. The normalized spacial score (nSPS) is 15.4. The van der Waals surface area contributed by atoms with E-state index in [9.17, 15) is 4.39 Å². The first-order chi connectivity index (χ1) is 8.11. The van der Waals surface area contributed by atoms with Gasteiger partial charge in [-0.1, -0.05) is 19.9 Å². The molecular formula is C14H21FN2. The molecule has 1 fully saturated rings. The summed E-state index contributed by atoms with van der Waals surface area (Å²) in [6.45, 7) is 5.65. The van der Waals surface area contributed by atoms with E-state index < -0.39 is 0 Å². The highest BCUT2D eigenvalue weighted by Gasteiger charge is 2.30. The van der Waals surface area contributed by atoms with E-state index in [-0.39, 0.29) is 5.82 Å². The largest absolute Gasteiger partial charge is 0.366 e. The molecule has 1 saturated carbocycles. The third kappa shape index (κ3) is 2.97. The fourth-order valence-electron chi connectivity index (χ4n) is 2.13. The molecule has 2 rings (SSSR count). The van der Waals surface area contributed by atoms with Crippen molar-refractivity contribution in [2.24, 2.45) is 11.7 Å². The SMILES string of the molecule is CC(C)CN(c1ccc(CN)cc1F)C1CC1. The number of nitrogens with two attached hydrogens (primary N) is 1. The fraction of sp³-hybridized carbons (Fsp3) is 0.571. The Morgan fingerprint density at radius 3 is 2.59 bits per heavy atom. The van der Waals surface area contributed by atoms with E-state index in [0.29, 0.717) is 18.5 Å². The molecule has 1 aliphatic rings. The van der Waals surface area contributed by atoms with Crippen LogP contribution in [-0.2, 0) is 6.54 Å². The minimum absolute atomic E-state index is 0.138. The molecule has 2 N–H and O–H groups in total. The van der Waals surface area contributed by atoms with E-state index in [2.05, 4.69) is 18.7 Å². The smallest absolute Gasteiger partial charge is 0.146 e. The topological polar surface area (TPSA) is 29.3 Å². The number of halogens is 1. The average molecular weight is 236 g/mol. The van der Waals surface area contributed by atoms with Crippen LogP contribution in [0, 0.1) is 11.7 Å². The molecule has 2 nitrogen and oxygen atoms in total. The first-order valence-electron chi connectivity index (χ1n) is 6.37. The fourth-order valence-corrected chi connectivity index (χ4v) is 2.13. The van der Waals surface area contributed by atoms with Gasteiger partial charge in [-0.25, -0.2) is 4.39 Å². The molecule has 0 atom stereocenters. The van der Waals surface area contributed by atoms with Gasteiger partial charge in [0.2, 0.25) is 0 Å². The zero-order valence-corrected chi connectivity index (χ0v) is 10.6. The molecule has 1 aliphatic carbocycles. The molecule has 0 unspecified atom stereocenters. The van der Waals surface area contributed by atoms with Gasteiger partial charge in [-0.05, 0) is 36.5 Å². The molecule has 1 aromatic rings. The second-order valence-electron chi connectivity index (χ2n) is 5.27. The van der Waals surface area contributed by atoms with Gasteiger partial charge in [0.05, 0.1) is 5.69 Å². The lowest BCUT2D eigenvalue weighted by atomic mass is 10.1. The van der Waals surface area contributed by atoms with Gasteiger partial charge in [0.15, 0.2) is 0 Å². The third-order valence-electron chi connectivity index (χ3n) is 3.11. The maximum absolute atomic E-state index is 14.0. The van der Waals surface area contributed by atoms with Crippen molar-refractivity contribution < 1.29 is 4.39 Å². The minimum Gasteiger partial charge on any atom is -0.366 e. The summed E-state index contributed by atoms with van der Waals surface area (Å²) < 4.78 is 14.0. The summed E-state index contributed by atoms with van der Waals surface area (Å²) >= 11 is 0. The van der Waals surface area contributed by atoms with Crippen molar-refractivity contribution in [3.05, 3.63) is 29.6 Å². The standard InChI is InChI=1S/C14H21FN2/c1-10(2)9-17(12-4-5-12)14-6-3-11(8-16)7-13(14)15/h3,6-7,10,12H,4-5,8-9,16H2,1-2H3. The monoisotopic (exact) mass is 236 g/mol. The summed E-state index contributed by atoms with van der Waals surface area (Å²) in [5, 5.41) is 0. The second kappa shape index (κ2) is 5.05. The predicted molar refractivity (Wildman–Crippen MR) is 69.5 cm³/mol. The number of hydrogen-bond donors (Lipinski definition) is 1. The summed E-state index contributed by atoms with van der Waals surface area (Å²) in [7, 11) is 0. The van der Waals surface area contributed by atoms with Crippen LogP contribution in [0.4, 0.5) is 10.1 Å². The highest BCUT2D eigenvalue weighted by Crippen LogP contribution is 2.34. The third-order valence-corrected chi connectivity index (χ3v) is 3.11. The molecule has 3 heteroatoms. The van der Waals surface area contributed by atoms with Crippen molar-refractivity contribution in [1.82, 2.24) is 0 Å². The van der Waals surface area contributed by atoms with Gasteiger partial charge >= 0.3 is 0 Å². The first-order valence-corrected chi connectivity index (χ1v) is 6.37. The van der Waals surface area contributed by atoms with Crippen molar-refractivity contribution in [3.8, 4) is 0 Å². The van der Waals surface area contributed by atoms with Crippen LogP contribution in [0.25, 0.3) is 0 Å². The maximum atomic E-state index is 14.0. The van der Waals surface area contributed by atoms with Gasteiger partial charge in [-0.15, -0.1) is 0 Å². The van der Waals surface area contributed by atoms with Crippen LogP contribution >= 0.6 is 0 Å². The molecule has 17 heavy (non-hydrogen) atoms. The Morgan fingerprint density at radius 2 is 2.12 bits per heavy atom. The number of nitrogens with zero attached hydrogens (tertiary/aromatic N) is 1. The van der Waals surface area contributed by atoms with Crippen molar-refractivity contribution >= 4 is 5.69 Å². The molecular weight excluding hydrogens is 215 g/mol. The van der Waals surface area contributed by atoms with Crippen LogP contribution in [0.2, 0.25) is 0 Å². The van der Waals surface area contributed by atoms with E-state index in [1.54, 1.807) is 6.07 Å². The van der Waals surface area contributed by atoms with Crippen LogP contribution < -0.4 is 10.6 Å². The maximum Gasteiger partial charge on any atom is 0.146 e. The molecule has 1 aromatic carbocycles. The Kier molecular flexibility index (Phi) is 3.67. The Bertz CT molecular complexity index is 386. The zero-order chi connectivity index (χ0) is 12.4. The molecule has 0 radical (unpaired) electrons. The number of rotatable bonds is 5. The van der Waals surface area contributed by atoms with Gasteiger partial charge in [0.1, 0.15) is 5.82 Å². The molecule has 0 spiro atoms. The van der Waals surface area contributed by atoms with E-state index in [1.807, 2.05) is 12.1 Å². The van der Waals surface area contributed by atoms with Gasteiger partial charge in [0, 0.05) is 19.1 Å². The summed E-state index contributed by atoms with van der Waals surface area (Å²) in [6, 6.07) is 5.90. The van der Waals surface area contributed by atoms with E-state index in [0.717, 1.165) is 17.8 Å². The number of benzene rings is 1. The highest BCUT2D eigenvalue weighted by atomic mass is 19.1. The number of hydrogen-bond acceptors (Lipinski definition) is 2. The summed E-state index contributed by atoms with van der Waals surface area (Å²) in [5.74, 6) is 0.407. The van der Waals surface area contributed by atoms with E-state index in [1.165, 1.54) is 12.8 Å². The molecule has 0 aliphatic heterocycles. The van der Waals surface area contributed by atoms with Crippen LogP contribution in [0.3, 0.4) is 0 Å². The Labute approximate surface area is 103 Å². The molecule has 0 heterocycles. The zero-order valence-electron chi connectivity index (χ0n) is 10.6. The van der Waals surface area contributed by atoms with E-state index >= 15 is 0 Å². The van der Waals surface area contributed by atoms with Gasteiger partial charge in [-0.2, -0.15) is 0 Å². The summed E-state index contributed by atoms with van der Waals surface area (Å²) in [4.78, 5) is 2.21.